The normalized spacial score (nSPS) is 17.3. The Morgan fingerprint density at radius 3 is 2.67 bits per heavy atom. The highest BCUT2D eigenvalue weighted by atomic mass is 32.2. The Bertz CT molecular complexity index is 935. The summed E-state index contributed by atoms with van der Waals surface area (Å²) in [4.78, 5) is 12.7. The van der Waals surface area contributed by atoms with Crippen molar-refractivity contribution in [3.05, 3.63) is 59.2 Å². The van der Waals surface area contributed by atoms with Crippen LogP contribution in [0.1, 0.15) is 34.3 Å². The zero-order chi connectivity index (χ0) is 19.4. The molecule has 0 aliphatic carbocycles. The molecular weight excluding hydrogens is 362 g/mol. The minimum atomic E-state index is -3.79. The standard InChI is InChI=1S/C20H25N3O3S/c1-14-5-3-6-17(11-14)23-27(25,26)19-12-16(9-8-15(19)2)20(24)22-18-7-4-10-21-13-18/h3,5-6,8-9,11-12,18,21,23H,4,7,10,13H2,1-2H3,(H,22,24). The average Bonchev–Trinajstić information content (AvgIpc) is 2.62. The molecule has 1 heterocycles. The molecule has 0 saturated carbocycles. The Morgan fingerprint density at radius 2 is 1.96 bits per heavy atom. The third-order valence-corrected chi connectivity index (χ3v) is 6.17. The van der Waals surface area contributed by atoms with Gasteiger partial charge in [0.15, 0.2) is 0 Å². The quantitative estimate of drug-likeness (QED) is 0.736. The average molecular weight is 388 g/mol. The summed E-state index contributed by atoms with van der Waals surface area (Å²) in [6.07, 6.45) is 1.93. The molecule has 7 heteroatoms. The minimum Gasteiger partial charge on any atom is -0.348 e. The van der Waals surface area contributed by atoms with Crippen LogP contribution in [-0.4, -0.2) is 33.5 Å². The smallest absolute Gasteiger partial charge is 0.262 e. The third kappa shape index (κ3) is 4.87. The van der Waals surface area contributed by atoms with Crippen LogP contribution in [0.5, 0.6) is 0 Å². The zero-order valence-corrected chi connectivity index (χ0v) is 16.4. The molecule has 1 saturated heterocycles. The van der Waals surface area contributed by atoms with Crippen LogP contribution in [0.15, 0.2) is 47.4 Å². The van der Waals surface area contributed by atoms with E-state index >= 15 is 0 Å². The van der Waals surface area contributed by atoms with E-state index in [1.807, 2.05) is 13.0 Å². The Balaban J connectivity index is 1.82. The van der Waals surface area contributed by atoms with Crippen molar-refractivity contribution >= 4 is 21.6 Å². The lowest BCUT2D eigenvalue weighted by atomic mass is 10.1. The highest BCUT2D eigenvalue weighted by Crippen LogP contribution is 2.21. The molecule has 2 aromatic carbocycles. The van der Waals surface area contributed by atoms with Crippen molar-refractivity contribution in [2.45, 2.75) is 37.6 Å². The van der Waals surface area contributed by atoms with Crippen molar-refractivity contribution in [2.75, 3.05) is 17.8 Å². The second kappa shape index (κ2) is 8.10. The first-order valence-corrected chi connectivity index (χ1v) is 10.6. The van der Waals surface area contributed by atoms with E-state index in [-0.39, 0.29) is 16.8 Å². The fourth-order valence-electron chi connectivity index (χ4n) is 3.19. The van der Waals surface area contributed by atoms with Gasteiger partial charge in [-0.25, -0.2) is 8.42 Å². The van der Waals surface area contributed by atoms with E-state index in [1.165, 1.54) is 6.07 Å². The monoisotopic (exact) mass is 387 g/mol. The molecule has 0 radical (unpaired) electrons. The van der Waals surface area contributed by atoms with Gasteiger partial charge in [0.1, 0.15) is 0 Å². The number of carbonyl (C=O) groups is 1. The molecule has 1 unspecified atom stereocenters. The van der Waals surface area contributed by atoms with Gasteiger partial charge in [-0.05, 0) is 68.6 Å². The first-order chi connectivity index (χ1) is 12.8. The lowest BCUT2D eigenvalue weighted by Gasteiger charge is -2.24. The van der Waals surface area contributed by atoms with Gasteiger partial charge in [-0.2, -0.15) is 0 Å². The molecule has 3 rings (SSSR count). The van der Waals surface area contributed by atoms with Gasteiger partial charge in [0.05, 0.1) is 4.90 Å². The van der Waals surface area contributed by atoms with Gasteiger partial charge in [-0.1, -0.05) is 18.2 Å². The summed E-state index contributed by atoms with van der Waals surface area (Å²) in [6, 6.07) is 12.0. The van der Waals surface area contributed by atoms with Gasteiger partial charge < -0.3 is 10.6 Å². The minimum absolute atomic E-state index is 0.0676. The number of carbonyl (C=O) groups excluding carboxylic acids is 1. The summed E-state index contributed by atoms with van der Waals surface area (Å²) in [5, 5.41) is 6.22. The Kier molecular flexibility index (Phi) is 5.82. The van der Waals surface area contributed by atoms with Crippen LogP contribution in [0.4, 0.5) is 5.69 Å². The van der Waals surface area contributed by atoms with Crippen molar-refractivity contribution in [1.82, 2.24) is 10.6 Å². The number of benzene rings is 2. The second-order valence-corrected chi connectivity index (χ2v) is 8.62. The van der Waals surface area contributed by atoms with Crippen molar-refractivity contribution < 1.29 is 13.2 Å². The fourth-order valence-corrected chi connectivity index (χ4v) is 4.51. The number of hydrogen-bond donors (Lipinski definition) is 3. The van der Waals surface area contributed by atoms with Gasteiger partial charge in [-0.15, -0.1) is 0 Å². The van der Waals surface area contributed by atoms with Crippen LogP contribution < -0.4 is 15.4 Å². The van der Waals surface area contributed by atoms with E-state index in [0.29, 0.717) is 16.8 Å². The molecule has 0 aromatic heterocycles. The van der Waals surface area contributed by atoms with Crippen LogP contribution in [0.2, 0.25) is 0 Å². The largest absolute Gasteiger partial charge is 0.348 e. The van der Waals surface area contributed by atoms with Crippen molar-refractivity contribution in [2.24, 2.45) is 0 Å². The number of rotatable bonds is 5. The Morgan fingerprint density at radius 1 is 1.15 bits per heavy atom. The first-order valence-electron chi connectivity index (χ1n) is 9.07. The number of nitrogens with one attached hydrogen (secondary N) is 3. The van der Waals surface area contributed by atoms with Gasteiger partial charge in [0, 0.05) is 23.8 Å². The van der Waals surface area contributed by atoms with E-state index in [4.69, 9.17) is 0 Å². The summed E-state index contributed by atoms with van der Waals surface area (Å²) < 4.78 is 28.3. The van der Waals surface area contributed by atoms with Gasteiger partial charge in [0.2, 0.25) is 0 Å². The molecule has 1 atom stereocenters. The van der Waals surface area contributed by atoms with Gasteiger partial charge in [-0.3, -0.25) is 9.52 Å². The molecule has 0 bridgehead atoms. The van der Waals surface area contributed by atoms with E-state index in [1.54, 1.807) is 37.3 Å². The van der Waals surface area contributed by atoms with E-state index in [9.17, 15) is 13.2 Å². The number of anilines is 1. The Labute approximate surface area is 160 Å². The van der Waals surface area contributed by atoms with Gasteiger partial charge >= 0.3 is 0 Å². The van der Waals surface area contributed by atoms with Crippen molar-refractivity contribution in [1.29, 1.82) is 0 Å². The van der Waals surface area contributed by atoms with E-state index in [2.05, 4.69) is 15.4 Å². The van der Waals surface area contributed by atoms with Gasteiger partial charge in [0.25, 0.3) is 15.9 Å². The maximum absolute atomic E-state index is 12.8. The van der Waals surface area contributed by atoms with Crippen molar-refractivity contribution in [3.63, 3.8) is 0 Å². The zero-order valence-electron chi connectivity index (χ0n) is 15.6. The molecule has 1 aliphatic heterocycles. The molecule has 6 nitrogen and oxygen atoms in total. The molecule has 3 N–H and O–H groups in total. The number of amides is 1. The number of sulfonamides is 1. The summed E-state index contributed by atoms with van der Waals surface area (Å²) in [6.45, 7) is 5.31. The summed E-state index contributed by atoms with van der Waals surface area (Å²) in [7, 11) is -3.79. The fraction of sp³-hybridized carbons (Fsp3) is 0.350. The predicted octanol–water partition coefficient (Wildman–Crippen LogP) is 2.59. The van der Waals surface area contributed by atoms with Crippen LogP contribution in [0.3, 0.4) is 0 Å². The van der Waals surface area contributed by atoms with Crippen LogP contribution in [0.25, 0.3) is 0 Å². The number of aryl methyl sites for hydroxylation is 2. The maximum atomic E-state index is 12.8. The molecule has 1 fully saturated rings. The lowest BCUT2D eigenvalue weighted by Crippen LogP contribution is -2.45. The highest BCUT2D eigenvalue weighted by Gasteiger charge is 2.21. The molecule has 2 aromatic rings. The SMILES string of the molecule is Cc1cccc(NS(=O)(=O)c2cc(C(=O)NC3CCCNC3)ccc2C)c1. The summed E-state index contributed by atoms with van der Waals surface area (Å²) in [5.74, 6) is -0.254. The number of piperidine rings is 1. The molecule has 0 spiro atoms. The van der Waals surface area contributed by atoms with Crippen LogP contribution in [-0.2, 0) is 10.0 Å². The predicted molar refractivity (Wildman–Crippen MR) is 107 cm³/mol. The highest BCUT2D eigenvalue weighted by molar-refractivity contribution is 7.92. The van der Waals surface area contributed by atoms with Crippen LogP contribution in [0, 0.1) is 13.8 Å². The Hall–Kier alpha value is -2.38. The number of hydrogen-bond acceptors (Lipinski definition) is 4. The van der Waals surface area contributed by atoms with E-state index < -0.39 is 10.0 Å². The second-order valence-electron chi connectivity index (χ2n) is 6.97. The van der Waals surface area contributed by atoms with E-state index in [0.717, 1.165) is 31.5 Å². The molecule has 27 heavy (non-hydrogen) atoms. The lowest BCUT2D eigenvalue weighted by molar-refractivity contribution is 0.0930. The maximum Gasteiger partial charge on any atom is 0.262 e. The first kappa shape index (κ1) is 19.4. The molecular formula is C20H25N3O3S. The third-order valence-electron chi connectivity index (χ3n) is 4.64. The molecule has 1 amide bonds. The van der Waals surface area contributed by atoms with Crippen LogP contribution >= 0.6 is 0 Å². The summed E-state index contributed by atoms with van der Waals surface area (Å²) in [5.41, 5.74) is 2.39. The molecule has 1 aliphatic rings. The van der Waals surface area contributed by atoms with Crippen molar-refractivity contribution in [3.8, 4) is 0 Å². The molecule has 144 valence electrons. The summed E-state index contributed by atoms with van der Waals surface area (Å²) >= 11 is 0. The topological polar surface area (TPSA) is 87.3 Å².